The average Bonchev–Trinajstić information content (AvgIpc) is 1.99. The van der Waals surface area contributed by atoms with E-state index in [0.717, 1.165) is 12.1 Å². The zero-order valence-corrected chi connectivity index (χ0v) is 7.01. The van der Waals surface area contributed by atoms with Crippen molar-refractivity contribution in [2.24, 2.45) is 0 Å². The minimum absolute atomic E-state index is 0.196. The number of rotatable bonds is 1. The van der Waals surface area contributed by atoms with Gasteiger partial charge in [0.2, 0.25) is 0 Å². The lowest BCUT2D eigenvalue weighted by molar-refractivity contribution is 0.447. The van der Waals surface area contributed by atoms with Crippen molar-refractivity contribution in [2.45, 2.75) is 6.92 Å². The average molecular weight is 190 g/mol. The maximum absolute atomic E-state index is 12.5. The molecule has 4 heteroatoms. The van der Waals surface area contributed by atoms with Gasteiger partial charge in [-0.3, -0.25) is 0 Å². The predicted octanol–water partition coefficient (Wildman–Crippen LogP) is 2.84. The predicted molar refractivity (Wildman–Crippen MR) is 43.7 cm³/mol. The van der Waals surface area contributed by atoms with Crippen LogP contribution in [0.15, 0.2) is 12.1 Å². The molecule has 0 radical (unpaired) electrons. The molecule has 0 fully saturated rings. The van der Waals surface area contributed by atoms with Crippen LogP contribution in [0.5, 0.6) is 0 Å². The molecule has 0 atom stereocenters. The lowest BCUT2D eigenvalue weighted by atomic mass is 10.1. The van der Waals surface area contributed by atoms with Crippen LogP contribution in [0.1, 0.15) is 12.5 Å². The molecule has 12 heavy (non-hydrogen) atoms. The Morgan fingerprint density at radius 1 is 1.17 bits per heavy atom. The second-order valence-electron chi connectivity index (χ2n) is 2.31. The third-order valence-corrected chi connectivity index (χ3v) is 1.63. The van der Waals surface area contributed by atoms with Gasteiger partial charge in [0.25, 0.3) is 0 Å². The Morgan fingerprint density at radius 2 is 1.58 bits per heavy atom. The molecule has 0 N–H and O–H groups in total. The Morgan fingerprint density at radius 3 is 1.92 bits per heavy atom. The van der Waals surface area contributed by atoms with Gasteiger partial charge in [-0.2, -0.15) is 0 Å². The van der Waals surface area contributed by atoms with Gasteiger partial charge in [0, 0.05) is 4.86 Å². The molecule has 1 aromatic carbocycles. The summed E-state index contributed by atoms with van der Waals surface area (Å²) in [5.74, 6) is -3.89. The van der Waals surface area contributed by atoms with E-state index in [9.17, 15) is 13.2 Å². The van der Waals surface area contributed by atoms with Crippen molar-refractivity contribution in [3.63, 3.8) is 0 Å². The Hall–Kier alpha value is -0.900. The van der Waals surface area contributed by atoms with E-state index in [-0.39, 0.29) is 5.56 Å². The molecule has 0 unspecified atom stereocenters. The summed E-state index contributed by atoms with van der Waals surface area (Å²) in [5.41, 5.74) is 0.196. The maximum atomic E-state index is 12.5. The molecular weight excluding hydrogens is 185 g/mol. The maximum Gasteiger partial charge on any atom is 0.194 e. The van der Waals surface area contributed by atoms with Gasteiger partial charge in [-0.05, 0) is 24.6 Å². The first-order valence-corrected chi connectivity index (χ1v) is 3.58. The number of halogens is 3. The van der Waals surface area contributed by atoms with Crippen molar-refractivity contribution in [3.05, 3.63) is 35.1 Å². The van der Waals surface area contributed by atoms with Gasteiger partial charge in [0.05, 0.1) is 0 Å². The van der Waals surface area contributed by atoms with Crippen LogP contribution in [0, 0.1) is 17.5 Å². The Balaban J connectivity index is 3.31. The summed E-state index contributed by atoms with van der Waals surface area (Å²) in [6, 6.07) is 1.75. The molecule has 0 aliphatic carbocycles. The molecule has 0 nitrogen and oxygen atoms in total. The monoisotopic (exact) mass is 190 g/mol. The molecule has 0 aliphatic rings. The number of benzene rings is 1. The first kappa shape index (κ1) is 9.19. The minimum atomic E-state index is -1.46. The Kier molecular flexibility index (Phi) is 2.47. The molecule has 0 amide bonds. The topological polar surface area (TPSA) is 0 Å². The largest absolute Gasteiger partial charge is 0.204 e. The fraction of sp³-hybridized carbons (Fsp3) is 0.125. The Bertz CT molecular complexity index is 310. The van der Waals surface area contributed by atoms with E-state index in [1.165, 1.54) is 6.92 Å². The zero-order valence-electron chi connectivity index (χ0n) is 6.20. The van der Waals surface area contributed by atoms with E-state index in [4.69, 9.17) is 0 Å². The highest BCUT2D eigenvalue weighted by atomic mass is 32.1. The van der Waals surface area contributed by atoms with Crippen LogP contribution in [0.3, 0.4) is 0 Å². The van der Waals surface area contributed by atoms with E-state index in [0.29, 0.717) is 4.86 Å². The highest BCUT2D eigenvalue weighted by molar-refractivity contribution is 7.80. The van der Waals surface area contributed by atoms with E-state index in [1.54, 1.807) is 0 Å². The highest BCUT2D eigenvalue weighted by Gasteiger charge is 2.10. The van der Waals surface area contributed by atoms with E-state index >= 15 is 0 Å². The van der Waals surface area contributed by atoms with Crippen LogP contribution < -0.4 is 0 Å². The molecule has 0 aliphatic heterocycles. The summed E-state index contributed by atoms with van der Waals surface area (Å²) in [7, 11) is 0. The van der Waals surface area contributed by atoms with Gasteiger partial charge in [0.1, 0.15) is 0 Å². The lowest BCUT2D eigenvalue weighted by Gasteiger charge is -1.99. The third kappa shape index (κ3) is 1.64. The van der Waals surface area contributed by atoms with Crippen molar-refractivity contribution in [1.82, 2.24) is 0 Å². The fourth-order valence-electron chi connectivity index (χ4n) is 0.759. The van der Waals surface area contributed by atoms with E-state index < -0.39 is 17.5 Å². The number of hydrogen-bond donors (Lipinski definition) is 0. The first-order chi connectivity index (χ1) is 5.52. The van der Waals surface area contributed by atoms with Crippen molar-refractivity contribution in [3.8, 4) is 0 Å². The summed E-state index contributed by atoms with van der Waals surface area (Å²) in [5, 5.41) is 0. The van der Waals surface area contributed by atoms with E-state index in [1.807, 2.05) is 0 Å². The van der Waals surface area contributed by atoms with Crippen molar-refractivity contribution in [1.29, 1.82) is 0 Å². The van der Waals surface area contributed by atoms with Crippen LogP contribution in [0.2, 0.25) is 0 Å². The van der Waals surface area contributed by atoms with Gasteiger partial charge in [0.15, 0.2) is 17.5 Å². The summed E-state index contributed by atoms with van der Waals surface area (Å²) < 4.78 is 37.4. The van der Waals surface area contributed by atoms with Gasteiger partial charge < -0.3 is 0 Å². The molecular formula is C8H5F3S. The van der Waals surface area contributed by atoms with E-state index in [2.05, 4.69) is 12.2 Å². The third-order valence-electron chi connectivity index (χ3n) is 1.39. The zero-order chi connectivity index (χ0) is 9.30. The molecule has 0 heterocycles. The molecule has 0 aromatic heterocycles. The molecule has 0 bridgehead atoms. The number of thiocarbonyl (C=S) groups is 1. The standard InChI is InChI=1S/C8H5F3S/c1-4(12)5-2-6(9)8(11)7(10)3-5/h2-3H,1H3. The van der Waals surface area contributed by atoms with Crippen LogP contribution >= 0.6 is 12.2 Å². The minimum Gasteiger partial charge on any atom is -0.204 e. The van der Waals surface area contributed by atoms with Crippen molar-refractivity contribution in [2.75, 3.05) is 0 Å². The first-order valence-electron chi connectivity index (χ1n) is 3.18. The van der Waals surface area contributed by atoms with Gasteiger partial charge in [-0.1, -0.05) is 12.2 Å². The molecule has 1 aromatic rings. The van der Waals surface area contributed by atoms with Crippen molar-refractivity contribution < 1.29 is 13.2 Å². The summed E-state index contributed by atoms with van der Waals surface area (Å²) in [6.45, 7) is 1.52. The van der Waals surface area contributed by atoms with Crippen LogP contribution in [0.4, 0.5) is 13.2 Å². The molecule has 0 spiro atoms. The summed E-state index contributed by atoms with van der Waals surface area (Å²) in [6.07, 6.45) is 0. The SMILES string of the molecule is CC(=S)c1cc(F)c(F)c(F)c1. The van der Waals surface area contributed by atoms with Crippen LogP contribution in [-0.4, -0.2) is 4.86 Å². The highest BCUT2D eigenvalue weighted by Crippen LogP contribution is 2.14. The second-order valence-corrected chi connectivity index (χ2v) is 2.92. The molecule has 1 rings (SSSR count). The smallest absolute Gasteiger partial charge is 0.194 e. The molecule has 64 valence electrons. The normalized spacial score (nSPS) is 10.0. The summed E-state index contributed by atoms with van der Waals surface area (Å²) >= 11 is 4.67. The fourth-order valence-corrected chi connectivity index (χ4v) is 0.877. The van der Waals surface area contributed by atoms with Crippen molar-refractivity contribution >= 4 is 17.1 Å². The lowest BCUT2D eigenvalue weighted by Crippen LogP contribution is -1.97. The second kappa shape index (κ2) is 3.23. The quantitative estimate of drug-likeness (QED) is 0.373. The molecule has 0 saturated carbocycles. The number of hydrogen-bond acceptors (Lipinski definition) is 1. The Labute approximate surface area is 73.0 Å². The van der Waals surface area contributed by atoms with Crippen LogP contribution in [-0.2, 0) is 0 Å². The summed E-state index contributed by atoms with van der Waals surface area (Å²) in [4.78, 5) is 0.327. The van der Waals surface area contributed by atoms with Gasteiger partial charge in [-0.25, -0.2) is 13.2 Å². The molecule has 0 saturated heterocycles. The van der Waals surface area contributed by atoms with Gasteiger partial charge >= 0.3 is 0 Å². The van der Waals surface area contributed by atoms with Crippen LogP contribution in [0.25, 0.3) is 0 Å². The van der Waals surface area contributed by atoms with Gasteiger partial charge in [-0.15, -0.1) is 0 Å².